The number of carbonyl (C=O) groups excluding carboxylic acids is 2. The van der Waals surface area contributed by atoms with E-state index < -0.39 is 23.7 Å². The van der Waals surface area contributed by atoms with Crippen LogP contribution in [0.25, 0.3) is 0 Å². The van der Waals surface area contributed by atoms with E-state index in [0.29, 0.717) is 0 Å². The van der Waals surface area contributed by atoms with E-state index in [-0.39, 0.29) is 25.3 Å². The number of halogens is 3. The third kappa shape index (κ3) is 6.12. The van der Waals surface area contributed by atoms with Crippen molar-refractivity contribution in [2.24, 2.45) is 0 Å². The highest BCUT2D eigenvalue weighted by molar-refractivity contribution is 5.94. The zero-order chi connectivity index (χ0) is 19.0. The maximum absolute atomic E-state index is 12.5. The first-order valence-electron chi connectivity index (χ1n) is 7.76. The van der Waals surface area contributed by atoms with Gasteiger partial charge in [-0.1, -0.05) is 30.3 Å². The van der Waals surface area contributed by atoms with Gasteiger partial charge in [-0.05, 0) is 29.8 Å². The molecule has 0 aromatic heterocycles. The highest BCUT2D eigenvalue weighted by Gasteiger charge is 2.30. The van der Waals surface area contributed by atoms with Crippen molar-refractivity contribution in [3.8, 4) is 0 Å². The number of nitrogens with one attached hydrogen (secondary N) is 2. The number of alkyl halides is 3. The molecule has 0 fully saturated rings. The van der Waals surface area contributed by atoms with Gasteiger partial charge in [-0.15, -0.1) is 0 Å². The van der Waals surface area contributed by atoms with Gasteiger partial charge in [0, 0.05) is 18.7 Å². The Morgan fingerprint density at radius 2 is 1.50 bits per heavy atom. The van der Waals surface area contributed by atoms with Gasteiger partial charge in [0.25, 0.3) is 5.91 Å². The minimum Gasteiger partial charge on any atom is -0.445 e. The lowest BCUT2D eigenvalue weighted by molar-refractivity contribution is -0.137. The standard InChI is InChI=1S/C18H17F3N2O3/c19-18(20,21)15-8-6-14(7-9-15)16(24)22-10-11-23-17(25)26-12-13-4-2-1-3-5-13/h1-9H,10-12H2,(H,22,24)(H,23,25). The fourth-order valence-electron chi connectivity index (χ4n) is 2.03. The highest BCUT2D eigenvalue weighted by Crippen LogP contribution is 2.28. The number of carbonyl (C=O) groups is 2. The summed E-state index contributed by atoms with van der Waals surface area (Å²) in [6, 6.07) is 13.0. The summed E-state index contributed by atoms with van der Waals surface area (Å²) in [5.41, 5.74) is 0.125. The van der Waals surface area contributed by atoms with E-state index in [0.717, 1.165) is 29.8 Å². The normalized spacial score (nSPS) is 10.9. The lowest BCUT2D eigenvalue weighted by Gasteiger charge is -2.09. The van der Waals surface area contributed by atoms with Gasteiger partial charge in [0.1, 0.15) is 6.61 Å². The molecule has 0 saturated heterocycles. The molecular formula is C18H17F3N2O3. The van der Waals surface area contributed by atoms with Crippen LogP contribution in [0.5, 0.6) is 0 Å². The highest BCUT2D eigenvalue weighted by atomic mass is 19.4. The van der Waals surface area contributed by atoms with E-state index in [1.54, 1.807) is 0 Å². The van der Waals surface area contributed by atoms with Crippen molar-refractivity contribution in [3.63, 3.8) is 0 Å². The molecular weight excluding hydrogens is 349 g/mol. The van der Waals surface area contributed by atoms with Crippen molar-refractivity contribution in [3.05, 3.63) is 71.3 Å². The molecule has 0 aliphatic carbocycles. The average molecular weight is 366 g/mol. The van der Waals surface area contributed by atoms with Crippen molar-refractivity contribution in [1.82, 2.24) is 10.6 Å². The molecule has 8 heteroatoms. The molecule has 2 aromatic carbocycles. The fraction of sp³-hybridized carbons (Fsp3) is 0.222. The van der Waals surface area contributed by atoms with E-state index in [4.69, 9.17) is 4.74 Å². The van der Waals surface area contributed by atoms with Gasteiger partial charge in [-0.3, -0.25) is 4.79 Å². The fourth-order valence-corrected chi connectivity index (χ4v) is 2.03. The second kappa shape index (κ2) is 8.89. The molecule has 138 valence electrons. The summed E-state index contributed by atoms with van der Waals surface area (Å²) in [7, 11) is 0. The van der Waals surface area contributed by atoms with Crippen LogP contribution in [0.4, 0.5) is 18.0 Å². The van der Waals surface area contributed by atoms with Crippen LogP contribution in [0.2, 0.25) is 0 Å². The number of benzene rings is 2. The molecule has 0 spiro atoms. The molecule has 5 nitrogen and oxygen atoms in total. The molecule has 0 saturated carbocycles. The maximum atomic E-state index is 12.5. The summed E-state index contributed by atoms with van der Waals surface area (Å²) < 4.78 is 42.4. The maximum Gasteiger partial charge on any atom is 0.416 e. The monoisotopic (exact) mass is 366 g/mol. The number of alkyl carbamates (subject to hydrolysis) is 1. The van der Waals surface area contributed by atoms with E-state index in [9.17, 15) is 22.8 Å². The predicted octanol–water partition coefficient (Wildman–Crippen LogP) is 3.36. The molecule has 0 radical (unpaired) electrons. The second-order valence-corrected chi connectivity index (χ2v) is 5.32. The Balaban J connectivity index is 1.67. The summed E-state index contributed by atoms with van der Waals surface area (Å²) in [5, 5.41) is 4.96. The summed E-state index contributed by atoms with van der Waals surface area (Å²) in [4.78, 5) is 23.3. The van der Waals surface area contributed by atoms with Gasteiger partial charge in [-0.2, -0.15) is 13.2 Å². The summed E-state index contributed by atoms with van der Waals surface area (Å²) in [6.45, 7) is 0.366. The first-order chi connectivity index (χ1) is 12.4. The third-order valence-corrected chi connectivity index (χ3v) is 3.37. The molecule has 0 aliphatic rings. The van der Waals surface area contributed by atoms with Crippen molar-refractivity contribution in [2.45, 2.75) is 12.8 Å². The van der Waals surface area contributed by atoms with Gasteiger partial charge in [-0.25, -0.2) is 4.79 Å². The lowest BCUT2D eigenvalue weighted by atomic mass is 10.1. The molecule has 0 atom stereocenters. The predicted molar refractivity (Wildman–Crippen MR) is 88.4 cm³/mol. The van der Waals surface area contributed by atoms with E-state index in [1.807, 2.05) is 30.3 Å². The number of rotatable bonds is 6. The molecule has 2 rings (SSSR count). The Labute approximate surface area is 148 Å². The van der Waals surface area contributed by atoms with Gasteiger partial charge >= 0.3 is 12.3 Å². The summed E-state index contributed by atoms with van der Waals surface area (Å²) in [6.07, 6.45) is -5.07. The molecule has 2 amide bonds. The molecule has 0 aliphatic heterocycles. The topological polar surface area (TPSA) is 67.4 Å². The van der Waals surface area contributed by atoms with Crippen LogP contribution in [0.1, 0.15) is 21.5 Å². The zero-order valence-electron chi connectivity index (χ0n) is 13.7. The second-order valence-electron chi connectivity index (χ2n) is 5.32. The Bertz CT molecular complexity index is 732. The molecule has 0 bridgehead atoms. The smallest absolute Gasteiger partial charge is 0.416 e. The molecule has 0 heterocycles. The van der Waals surface area contributed by atoms with Crippen molar-refractivity contribution in [1.29, 1.82) is 0 Å². The first kappa shape index (κ1) is 19.3. The molecule has 2 N–H and O–H groups in total. The van der Waals surface area contributed by atoms with Gasteiger partial charge in [0.15, 0.2) is 0 Å². The Morgan fingerprint density at radius 3 is 2.12 bits per heavy atom. The summed E-state index contributed by atoms with van der Waals surface area (Å²) in [5.74, 6) is -0.529. The molecule has 2 aromatic rings. The van der Waals surface area contributed by atoms with Crippen LogP contribution in [-0.2, 0) is 17.5 Å². The number of hydrogen-bond donors (Lipinski definition) is 2. The zero-order valence-corrected chi connectivity index (χ0v) is 13.7. The quantitative estimate of drug-likeness (QED) is 0.771. The van der Waals surface area contributed by atoms with Crippen molar-refractivity contribution in [2.75, 3.05) is 13.1 Å². The Kier molecular flexibility index (Phi) is 6.60. The first-order valence-corrected chi connectivity index (χ1v) is 7.76. The third-order valence-electron chi connectivity index (χ3n) is 3.37. The SMILES string of the molecule is O=C(NCCNC(=O)c1ccc(C(F)(F)F)cc1)OCc1ccccc1. The average Bonchev–Trinajstić information content (AvgIpc) is 2.63. The summed E-state index contributed by atoms with van der Waals surface area (Å²) >= 11 is 0. The van der Waals surface area contributed by atoms with Crippen LogP contribution in [-0.4, -0.2) is 25.1 Å². The number of amides is 2. The number of hydrogen-bond acceptors (Lipinski definition) is 3. The van der Waals surface area contributed by atoms with Crippen LogP contribution >= 0.6 is 0 Å². The Hall–Kier alpha value is -3.03. The van der Waals surface area contributed by atoms with E-state index in [1.165, 1.54) is 0 Å². The van der Waals surface area contributed by atoms with E-state index >= 15 is 0 Å². The van der Waals surface area contributed by atoms with Crippen LogP contribution in [0, 0.1) is 0 Å². The molecule has 0 unspecified atom stereocenters. The van der Waals surface area contributed by atoms with Gasteiger partial charge in [0.05, 0.1) is 5.56 Å². The van der Waals surface area contributed by atoms with Crippen LogP contribution in [0.15, 0.2) is 54.6 Å². The minimum atomic E-state index is -4.45. The van der Waals surface area contributed by atoms with Crippen LogP contribution in [0.3, 0.4) is 0 Å². The molecule has 26 heavy (non-hydrogen) atoms. The van der Waals surface area contributed by atoms with Crippen molar-refractivity contribution >= 4 is 12.0 Å². The van der Waals surface area contributed by atoms with Crippen molar-refractivity contribution < 1.29 is 27.5 Å². The Morgan fingerprint density at radius 1 is 0.885 bits per heavy atom. The minimum absolute atomic E-state index is 0.102. The van der Waals surface area contributed by atoms with Gasteiger partial charge in [0.2, 0.25) is 0 Å². The number of ether oxygens (including phenoxy) is 1. The van der Waals surface area contributed by atoms with Gasteiger partial charge < -0.3 is 15.4 Å². The largest absolute Gasteiger partial charge is 0.445 e. The van der Waals surface area contributed by atoms with E-state index in [2.05, 4.69) is 10.6 Å². The lowest BCUT2D eigenvalue weighted by Crippen LogP contribution is -2.34. The van der Waals surface area contributed by atoms with Crippen LogP contribution < -0.4 is 10.6 Å².